The molecular weight excluding hydrogens is 160 g/mol. The van der Waals surface area contributed by atoms with E-state index < -0.39 is 0 Å². The fourth-order valence-corrected chi connectivity index (χ4v) is 2.24. The largest absolute Gasteiger partial charge is 0.393 e. The summed E-state index contributed by atoms with van der Waals surface area (Å²) in [6, 6.07) is 0. The molecule has 1 aliphatic rings. The molecule has 1 rings (SSSR count). The average Bonchev–Trinajstić information content (AvgIpc) is 2.10. The first-order chi connectivity index (χ1) is 6.08. The Bertz CT molecular complexity index is 186. The Balaban J connectivity index is 2.56. The summed E-state index contributed by atoms with van der Waals surface area (Å²) in [5.74, 6) is 0. The van der Waals surface area contributed by atoms with Gasteiger partial charge in [0.2, 0.25) is 0 Å². The summed E-state index contributed by atoms with van der Waals surface area (Å²) in [5.41, 5.74) is 1.57. The van der Waals surface area contributed by atoms with Crippen LogP contribution in [0.15, 0.2) is 12.2 Å². The van der Waals surface area contributed by atoms with E-state index in [1.54, 1.807) is 0 Å². The highest BCUT2D eigenvalue weighted by atomic mass is 16.3. The highest BCUT2D eigenvalue weighted by molar-refractivity contribution is 5.11. The van der Waals surface area contributed by atoms with Crippen LogP contribution in [0, 0.1) is 5.41 Å². The van der Waals surface area contributed by atoms with Crippen LogP contribution >= 0.6 is 0 Å². The van der Waals surface area contributed by atoms with Crippen LogP contribution in [0.5, 0.6) is 0 Å². The van der Waals surface area contributed by atoms with E-state index in [1.807, 2.05) is 6.92 Å². The maximum absolute atomic E-state index is 9.65. The molecule has 0 spiro atoms. The van der Waals surface area contributed by atoms with Gasteiger partial charge in [0.05, 0.1) is 6.10 Å². The van der Waals surface area contributed by atoms with Crippen LogP contribution in [0.4, 0.5) is 0 Å². The first kappa shape index (κ1) is 10.8. The van der Waals surface area contributed by atoms with E-state index in [0.29, 0.717) is 0 Å². The highest BCUT2D eigenvalue weighted by Gasteiger charge is 2.31. The number of aliphatic hydroxyl groups is 1. The first-order valence-corrected chi connectivity index (χ1v) is 5.45. The topological polar surface area (TPSA) is 20.2 Å². The predicted molar refractivity (Wildman–Crippen MR) is 56.6 cm³/mol. The van der Waals surface area contributed by atoms with Crippen LogP contribution in [0.25, 0.3) is 0 Å². The molecule has 0 aromatic heterocycles. The van der Waals surface area contributed by atoms with Crippen molar-refractivity contribution in [2.45, 2.75) is 58.5 Å². The summed E-state index contributed by atoms with van der Waals surface area (Å²) in [7, 11) is 0. The number of rotatable bonds is 3. The third-order valence-electron chi connectivity index (χ3n) is 3.47. The second-order valence-electron chi connectivity index (χ2n) is 4.64. The lowest BCUT2D eigenvalue weighted by molar-refractivity contribution is 0.105. The third-order valence-corrected chi connectivity index (χ3v) is 3.47. The van der Waals surface area contributed by atoms with Crippen molar-refractivity contribution in [2.75, 3.05) is 0 Å². The third kappa shape index (κ3) is 2.57. The minimum Gasteiger partial charge on any atom is -0.393 e. The second kappa shape index (κ2) is 4.28. The molecule has 1 N–H and O–H groups in total. The van der Waals surface area contributed by atoms with Crippen LogP contribution < -0.4 is 0 Å². The fraction of sp³-hybridized carbons (Fsp3) is 0.833. The maximum Gasteiger partial charge on any atom is 0.0545 e. The van der Waals surface area contributed by atoms with Crippen molar-refractivity contribution in [3.05, 3.63) is 12.2 Å². The molecule has 1 nitrogen and oxygen atoms in total. The molecule has 0 amide bonds. The first-order valence-electron chi connectivity index (χ1n) is 5.45. The molecule has 0 radical (unpaired) electrons. The van der Waals surface area contributed by atoms with Crippen LogP contribution in [0.3, 0.4) is 0 Å². The van der Waals surface area contributed by atoms with Gasteiger partial charge in [0.15, 0.2) is 0 Å². The normalized spacial score (nSPS) is 31.8. The van der Waals surface area contributed by atoms with Crippen molar-refractivity contribution in [2.24, 2.45) is 5.41 Å². The molecule has 0 bridgehead atoms. The molecule has 1 saturated carbocycles. The van der Waals surface area contributed by atoms with Gasteiger partial charge in [0.25, 0.3) is 0 Å². The molecule has 13 heavy (non-hydrogen) atoms. The van der Waals surface area contributed by atoms with Gasteiger partial charge in [-0.2, -0.15) is 0 Å². The molecule has 76 valence electrons. The molecule has 0 saturated heterocycles. The minimum atomic E-state index is -0.139. The van der Waals surface area contributed by atoms with Gasteiger partial charge in [-0.05, 0) is 37.5 Å². The smallest absolute Gasteiger partial charge is 0.0545 e. The van der Waals surface area contributed by atoms with Crippen LogP contribution in [-0.4, -0.2) is 11.2 Å². The van der Waals surface area contributed by atoms with Gasteiger partial charge in [-0.25, -0.2) is 0 Å². The van der Waals surface area contributed by atoms with Crippen molar-refractivity contribution in [3.63, 3.8) is 0 Å². The Morgan fingerprint density at radius 1 is 1.54 bits per heavy atom. The van der Waals surface area contributed by atoms with E-state index in [-0.39, 0.29) is 11.5 Å². The molecule has 1 fully saturated rings. The summed E-state index contributed by atoms with van der Waals surface area (Å²) >= 11 is 0. The van der Waals surface area contributed by atoms with E-state index in [2.05, 4.69) is 13.5 Å². The van der Waals surface area contributed by atoms with E-state index >= 15 is 0 Å². The van der Waals surface area contributed by atoms with Gasteiger partial charge in [-0.3, -0.25) is 0 Å². The molecule has 2 atom stereocenters. The summed E-state index contributed by atoms with van der Waals surface area (Å²) in [4.78, 5) is 0. The lowest BCUT2D eigenvalue weighted by atomic mass is 9.69. The van der Waals surface area contributed by atoms with Crippen molar-refractivity contribution >= 4 is 0 Å². The lowest BCUT2D eigenvalue weighted by Gasteiger charge is -2.37. The van der Waals surface area contributed by atoms with Crippen LogP contribution in [0.1, 0.15) is 52.4 Å². The van der Waals surface area contributed by atoms with Crippen molar-refractivity contribution in [1.29, 1.82) is 0 Å². The summed E-state index contributed by atoms with van der Waals surface area (Å²) in [6.45, 7) is 8.44. The van der Waals surface area contributed by atoms with E-state index in [1.165, 1.54) is 24.8 Å². The Morgan fingerprint density at radius 3 is 2.77 bits per heavy atom. The molecular formula is C12H22O. The van der Waals surface area contributed by atoms with Gasteiger partial charge in [0.1, 0.15) is 0 Å². The minimum absolute atomic E-state index is 0.139. The molecule has 0 heterocycles. The quantitative estimate of drug-likeness (QED) is 0.664. The van der Waals surface area contributed by atoms with Crippen LogP contribution in [-0.2, 0) is 0 Å². The molecule has 0 aromatic carbocycles. The standard InChI is InChI=1S/C12H22O/c1-4-11(13)9-12(3)8-6-5-7-10(12)2/h11,13H,2,4-9H2,1,3H3. The Kier molecular flexibility index (Phi) is 3.55. The zero-order chi connectivity index (χ0) is 9.90. The lowest BCUT2D eigenvalue weighted by Crippen LogP contribution is -2.27. The molecule has 2 unspecified atom stereocenters. The second-order valence-corrected chi connectivity index (χ2v) is 4.64. The Hall–Kier alpha value is -0.300. The van der Waals surface area contributed by atoms with E-state index in [4.69, 9.17) is 0 Å². The predicted octanol–water partition coefficient (Wildman–Crippen LogP) is 3.28. The maximum atomic E-state index is 9.65. The average molecular weight is 182 g/mol. The van der Waals surface area contributed by atoms with Crippen molar-refractivity contribution in [1.82, 2.24) is 0 Å². The number of hydrogen-bond donors (Lipinski definition) is 1. The van der Waals surface area contributed by atoms with Crippen LogP contribution in [0.2, 0.25) is 0 Å². The van der Waals surface area contributed by atoms with E-state index in [9.17, 15) is 5.11 Å². The van der Waals surface area contributed by atoms with Gasteiger partial charge >= 0.3 is 0 Å². The number of aliphatic hydroxyl groups excluding tert-OH is 1. The van der Waals surface area contributed by atoms with Gasteiger partial charge in [-0.1, -0.05) is 32.4 Å². The molecule has 0 aliphatic heterocycles. The summed E-state index contributed by atoms with van der Waals surface area (Å²) < 4.78 is 0. The summed E-state index contributed by atoms with van der Waals surface area (Å²) in [5, 5.41) is 9.65. The fourth-order valence-electron chi connectivity index (χ4n) is 2.24. The van der Waals surface area contributed by atoms with E-state index in [0.717, 1.165) is 19.3 Å². The molecule has 1 heteroatoms. The van der Waals surface area contributed by atoms with Gasteiger partial charge in [0, 0.05) is 0 Å². The molecule has 0 aromatic rings. The monoisotopic (exact) mass is 182 g/mol. The number of hydrogen-bond acceptors (Lipinski definition) is 1. The zero-order valence-corrected chi connectivity index (χ0v) is 8.97. The Labute approximate surface area is 81.9 Å². The van der Waals surface area contributed by atoms with Crippen molar-refractivity contribution < 1.29 is 5.11 Å². The van der Waals surface area contributed by atoms with Crippen molar-refractivity contribution in [3.8, 4) is 0 Å². The SMILES string of the molecule is C=C1CCCCC1(C)CC(O)CC. The zero-order valence-electron chi connectivity index (χ0n) is 8.97. The highest BCUT2D eigenvalue weighted by Crippen LogP contribution is 2.43. The van der Waals surface area contributed by atoms with Gasteiger partial charge < -0.3 is 5.11 Å². The number of allylic oxidation sites excluding steroid dienone is 1. The van der Waals surface area contributed by atoms with Gasteiger partial charge in [-0.15, -0.1) is 0 Å². The Morgan fingerprint density at radius 2 is 2.23 bits per heavy atom. The molecule has 1 aliphatic carbocycles. The summed E-state index contributed by atoms with van der Waals surface area (Å²) in [6.07, 6.45) is 6.59.